The maximum absolute atomic E-state index is 9.69. The van der Waals surface area contributed by atoms with Gasteiger partial charge in [-0.2, -0.15) is 0 Å². The van der Waals surface area contributed by atoms with E-state index in [9.17, 15) is 8.78 Å². The zero-order valence-electron chi connectivity index (χ0n) is 10.0. The monoisotopic (exact) mass is 259 g/mol. The summed E-state index contributed by atoms with van der Waals surface area (Å²) in [5.41, 5.74) is 4.86. The fourth-order valence-corrected chi connectivity index (χ4v) is 1.93. The molecule has 0 bridgehead atoms. The standard InChI is InChI=1S/C14H11N.CF2O/c1-2-6-11(7-3-1)14-10-12-8-4-5-9-13(12)15-14;2-1(3)4/h1-9H,10H2;. The van der Waals surface area contributed by atoms with Gasteiger partial charge in [0.1, 0.15) is 0 Å². The van der Waals surface area contributed by atoms with E-state index in [1.165, 1.54) is 16.8 Å². The van der Waals surface area contributed by atoms with E-state index in [0.29, 0.717) is 0 Å². The number of halogens is 2. The number of nitrogens with zero attached hydrogens (tertiary/aromatic N) is 1. The summed E-state index contributed by atoms with van der Waals surface area (Å²) >= 11 is 0. The first kappa shape index (κ1) is 13.1. The highest BCUT2D eigenvalue weighted by Crippen LogP contribution is 2.27. The highest BCUT2D eigenvalue weighted by Gasteiger charge is 2.14. The van der Waals surface area contributed by atoms with Crippen LogP contribution in [0.15, 0.2) is 59.6 Å². The molecule has 2 aromatic carbocycles. The predicted octanol–water partition coefficient (Wildman–Crippen LogP) is 4.41. The summed E-state index contributed by atoms with van der Waals surface area (Å²) in [6, 6.07) is 18.7. The average molecular weight is 259 g/mol. The molecule has 1 aliphatic rings. The molecule has 1 heterocycles. The lowest BCUT2D eigenvalue weighted by molar-refractivity contribution is 0.199. The van der Waals surface area contributed by atoms with Crippen LogP contribution in [0.4, 0.5) is 19.3 Å². The molecule has 2 nitrogen and oxygen atoms in total. The van der Waals surface area contributed by atoms with E-state index in [0.717, 1.165) is 12.1 Å². The topological polar surface area (TPSA) is 29.4 Å². The van der Waals surface area contributed by atoms with Crippen LogP contribution in [0.1, 0.15) is 11.1 Å². The molecule has 0 atom stereocenters. The van der Waals surface area contributed by atoms with Crippen LogP contribution < -0.4 is 0 Å². The van der Waals surface area contributed by atoms with Crippen LogP contribution in [-0.2, 0) is 6.42 Å². The van der Waals surface area contributed by atoms with Crippen molar-refractivity contribution in [3.63, 3.8) is 0 Å². The Labute approximate surface area is 109 Å². The number of hydrogen-bond donors (Lipinski definition) is 0. The van der Waals surface area contributed by atoms with Crippen molar-refractivity contribution in [2.75, 3.05) is 0 Å². The first-order valence-corrected chi connectivity index (χ1v) is 5.72. The number of rotatable bonds is 1. The Hall–Kier alpha value is -2.36. The molecule has 19 heavy (non-hydrogen) atoms. The third-order valence-electron chi connectivity index (χ3n) is 2.71. The molecule has 3 rings (SSSR count). The van der Waals surface area contributed by atoms with Gasteiger partial charge >= 0.3 is 6.29 Å². The lowest BCUT2D eigenvalue weighted by Crippen LogP contribution is -1.99. The minimum absolute atomic E-state index is 0.959. The Morgan fingerprint density at radius 2 is 1.53 bits per heavy atom. The molecular formula is C15H11F2NO. The molecule has 0 radical (unpaired) electrons. The van der Waals surface area contributed by atoms with Gasteiger partial charge in [0.25, 0.3) is 0 Å². The second-order valence-corrected chi connectivity index (χ2v) is 3.96. The average Bonchev–Trinajstić information content (AvgIpc) is 2.83. The zero-order chi connectivity index (χ0) is 13.7. The first-order valence-electron chi connectivity index (χ1n) is 5.72. The van der Waals surface area contributed by atoms with Crippen molar-refractivity contribution >= 4 is 17.7 Å². The van der Waals surface area contributed by atoms with E-state index in [2.05, 4.69) is 47.5 Å². The summed E-state index contributed by atoms with van der Waals surface area (Å²) in [4.78, 5) is 12.7. The fourth-order valence-electron chi connectivity index (χ4n) is 1.93. The molecule has 0 fully saturated rings. The number of aliphatic imine (C=N–C) groups is 1. The molecule has 0 saturated carbocycles. The molecule has 0 aromatic heterocycles. The van der Waals surface area contributed by atoms with Gasteiger partial charge in [-0.15, -0.1) is 8.78 Å². The second kappa shape index (κ2) is 6.00. The Morgan fingerprint density at radius 1 is 0.947 bits per heavy atom. The molecule has 0 aliphatic carbocycles. The third kappa shape index (κ3) is 3.55. The van der Waals surface area contributed by atoms with Crippen LogP contribution in [-0.4, -0.2) is 12.0 Å². The molecule has 1 aliphatic heterocycles. The predicted molar refractivity (Wildman–Crippen MR) is 70.4 cm³/mol. The summed E-state index contributed by atoms with van der Waals surface area (Å²) in [6.45, 7) is 0. The normalized spacial score (nSPS) is 12.0. The SMILES string of the molecule is O=C(F)F.c1ccc(C2=Nc3ccccc3C2)cc1. The minimum Gasteiger partial charge on any atom is -0.252 e. The maximum atomic E-state index is 9.69. The molecule has 0 saturated heterocycles. The van der Waals surface area contributed by atoms with E-state index in [1.807, 2.05) is 12.1 Å². The fraction of sp³-hybridized carbons (Fsp3) is 0.0667. The Bertz CT molecular complexity index is 605. The van der Waals surface area contributed by atoms with Crippen molar-refractivity contribution in [2.45, 2.75) is 6.42 Å². The van der Waals surface area contributed by atoms with Gasteiger partial charge in [0, 0.05) is 6.42 Å². The molecule has 4 heteroatoms. The highest BCUT2D eigenvalue weighted by molar-refractivity contribution is 6.06. The molecule has 96 valence electrons. The maximum Gasteiger partial charge on any atom is 0.483 e. The number of carbonyl (C=O) groups is 1. The lowest BCUT2D eigenvalue weighted by Gasteiger charge is -1.98. The van der Waals surface area contributed by atoms with Gasteiger partial charge in [-0.3, -0.25) is 4.99 Å². The van der Waals surface area contributed by atoms with E-state index >= 15 is 0 Å². The number of carbonyl (C=O) groups excluding carboxylic acids is 1. The number of benzene rings is 2. The minimum atomic E-state index is -2.83. The third-order valence-corrected chi connectivity index (χ3v) is 2.71. The van der Waals surface area contributed by atoms with Crippen LogP contribution in [0.2, 0.25) is 0 Å². The zero-order valence-corrected chi connectivity index (χ0v) is 10.0. The highest BCUT2D eigenvalue weighted by atomic mass is 19.3. The van der Waals surface area contributed by atoms with E-state index in [4.69, 9.17) is 4.79 Å². The largest absolute Gasteiger partial charge is 0.483 e. The smallest absolute Gasteiger partial charge is 0.252 e. The second-order valence-electron chi connectivity index (χ2n) is 3.96. The number of para-hydroxylation sites is 1. The molecule has 0 N–H and O–H groups in total. The van der Waals surface area contributed by atoms with Crippen LogP contribution in [0.25, 0.3) is 0 Å². The van der Waals surface area contributed by atoms with E-state index in [-0.39, 0.29) is 0 Å². The summed E-state index contributed by atoms with van der Waals surface area (Å²) in [5.74, 6) is 0. The number of hydrogen-bond acceptors (Lipinski definition) is 2. The lowest BCUT2D eigenvalue weighted by atomic mass is 10.0. The van der Waals surface area contributed by atoms with Crippen molar-refractivity contribution in [1.29, 1.82) is 0 Å². The summed E-state index contributed by atoms with van der Waals surface area (Å²) in [5, 5.41) is 0. The summed E-state index contributed by atoms with van der Waals surface area (Å²) in [7, 11) is 0. The van der Waals surface area contributed by atoms with Crippen molar-refractivity contribution in [1.82, 2.24) is 0 Å². The van der Waals surface area contributed by atoms with E-state index < -0.39 is 6.29 Å². The van der Waals surface area contributed by atoms with Crippen LogP contribution in [0.5, 0.6) is 0 Å². The molecular weight excluding hydrogens is 248 g/mol. The molecule has 0 amide bonds. The van der Waals surface area contributed by atoms with Gasteiger partial charge in [-0.05, 0) is 17.2 Å². The van der Waals surface area contributed by atoms with Crippen molar-refractivity contribution in [3.8, 4) is 0 Å². The Morgan fingerprint density at radius 3 is 2.16 bits per heavy atom. The van der Waals surface area contributed by atoms with E-state index in [1.54, 1.807) is 0 Å². The van der Waals surface area contributed by atoms with Gasteiger partial charge in [-0.25, -0.2) is 4.79 Å². The quantitative estimate of drug-likeness (QED) is 0.697. The Balaban J connectivity index is 0.000000297. The van der Waals surface area contributed by atoms with Crippen LogP contribution in [0.3, 0.4) is 0 Å². The Kier molecular flexibility index (Phi) is 4.13. The van der Waals surface area contributed by atoms with Gasteiger partial charge < -0.3 is 0 Å². The van der Waals surface area contributed by atoms with Crippen molar-refractivity contribution < 1.29 is 13.6 Å². The van der Waals surface area contributed by atoms with Gasteiger partial charge in [0.2, 0.25) is 0 Å². The van der Waals surface area contributed by atoms with Crippen LogP contribution >= 0.6 is 0 Å². The van der Waals surface area contributed by atoms with Gasteiger partial charge in [-0.1, -0.05) is 48.5 Å². The van der Waals surface area contributed by atoms with Crippen molar-refractivity contribution in [3.05, 3.63) is 65.7 Å². The van der Waals surface area contributed by atoms with Crippen molar-refractivity contribution in [2.24, 2.45) is 4.99 Å². The van der Waals surface area contributed by atoms with Gasteiger partial charge in [0.05, 0.1) is 11.4 Å². The first-order chi connectivity index (χ1) is 9.16. The molecule has 0 unspecified atom stereocenters. The molecule has 0 spiro atoms. The van der Waals surface area contributed by atoms with Gasteiger partial charge in [0.15, 0.2) is 0 Å². The van der Waals surface area contributed by atoms with Crippen LogP contribution in [0, 0.1) is 0 Å². The molecule has 2 aromatic rings. The summed E-state index contributed by atoms with van der Waals surface area (Å²) < 4.78 is 19.4. The number of fused-ring (bicyclic) bond motifs is 1. The summed E-state index contributed by atoms with van der Waals surface area (Å²) in [6.07, 6.45) is -1.87.